The summed E-state index contributed by atoms with van der Waals surface area (Å²) in [5.74, 6) is 1.29. The number of halogens is 1. The first-order valence-corrected chi connectivity index (χ1v) is 10.6. The number of benzene rings is 1. The van der Waals surface area contributed by atoms with Crippen LogP contribution in [0.1, 0.15) is 5.56 Å². The van der Waals surface area contributed by atoms with Gasteiger partial charge in [0.15, 0.2) is 11.5 Å². The Balaban J connectivity index is 2.70. The van der Waals surface area contributed by atoms with Crippen LogP contribution >= 0.6 is 11.6 Å². The Morgan fingerprint density at radius 2 is 1.71 bits per heavy atom. The number of ether oxygens (including phenoxy) is 2. The summed E-state index contributed by atoms with van der Waals surface area (Å²) in [5.41, 5.74) is 1.71. The SMILES string of the molecule is C=C(c1cnc2cc(OC)c(OC)cc2c1Cl)[Si](C)(C)C. The number of fused-ring (bicyclic) bond motifs is 1. The fraction of sp³-hybridized carbons (Fsp3) is 0.312. The van der Waals surface area contributed by atoms with Gasteiger partial charge in [0.2, 0.25) is 0 Å². The molecular formula is C16H20ClNO2Si. The highest BCUT2D eigenvalue weighted by Gasteiger charge is 2.22. The van der Waals surface area contributed by atoms with Gasteiger partial charge in [0, 0.05) is 23.2 Å². The van der Waals surface area contributed by atoms with Crippen molar-refractivity contribution in [3.05, 3.63) is 35.5 Å². The van der Waals surface area contributed by atoms with E-state index >= 15 is 0 Å². The molecule has 0 saturated heterocycles. The highest BCUT2D eigenvalue weighted by Crippen LogP contribution is 2.38. The number of hydrogen-bond acceptors (Lipinski definition) is 3. The molecule has 0 saturated carbocycles. The van der Waals surface area contributed by atoms with Gasteiger partial charge in [-0.2, -0.15) is 0 Å². The molecule has 112 valence electrons. The minimum atomic E-state index is -1.53. The van der Waals surface area contributed by atoms with E-state index in [1.807, 2.05) is 12.1 Å². The van der Waals surface area contributed by atoms with Gasteiger partial charge in [-0.1, -0.05) is 43.0 Å². The summed E-state index contributed by atoms with van der Waals surface area (Å²) in [6.45, 7) is 10.9. The van der Waals surface area contributed by atoms with E-state index in [0.29, 0.717) is 16.5 Å². The third kappa shape index (κ3) is 2.92. The summed E-state index contributed by atoms with van der Waals surface area (Å²) in [5, 5.41) is 2.62. The Morgan fingerprint density at radius 1 is 1.14 bits per heavy atom. The van der Waals surface area contributed by atoms with Crippen LogP contribution in [0.15, 0.2) is 24.9 Å². The molecule has 0 bridgehead atoms. The van der Waals surface area contributed by atoms with Crippen molar-refractivity contribution in [2.24, 2.45) is 0 Å². The van der Waals surface area contributed by atoms with Crippen molar-refractivity contribution >= 4 is 35.8 Å². The topological polar surface area (TPSA) is 31.4 Å². The summed E-state index contributed by atoms with van der Waals surface area (Å²) in [6, 6.07) is 3.70. The molecule has 2 rings (SSSR count). The Bertz CT molecular complexity index is 707. The van der Waals surface area contributed by atoms with Gasteiger partial charge in [0.1, 0.15) is 0 Å². The number of nitrogens with zero attached hydrogens (tertiary/aromatic N) is 1. The predicted molar refractivity (Wildman–Crippen MR) is 92.2 cm³/mol. The molecule has 21 heavy (non-hydrogen) atoms. The van der Waals surface area contributed by atoms with Crippen molar-refractivity contribution in [2.45, 2.75) is 19.6 Å². The second-order valence-electron chi connectivity index (χ2n) is 5.94. The summed E-state index contributed by atoms with van der Waals surface area (Å²) in [6.07, 6.45) is 1.80. The van der Waals surface area contributed by atoms with E-state index in [9.17, 15) is 0 Å². The minimum absolute atomic E-state index is 0.643. The highest BCUT2D eigenvalue weighted by atomic mass is 35.5. The lowest BCUT2D eigenvalue weighted by atomic mass is 10.1. The molecule has 1 aromatic carbocycles. The first-order valence-electron chi connectivity index (χ1n) is 6.69. The lowest BCUT2D eigenvalue weighted by molar-refractivity contribution is 0.356. The molecule has 0 amide bonds. The Kier molecular flexibility index (Phi) is 4.30. The number of pyridine rings is 1. The van der Waals surface area contributed by atoms with Crippen LogP contribution in [0.2, 0.25) is 24.7 Å². The van der Waals surface area contributed by atoms with E-state index < -0.39 is 8.07 Å². The molecule has 0 atom stereocenters. The molecule has 0 spiro atoms. The van der Waals surface area contributed by atoms with Crippen molar-refractivity contribution in [1.29, 1.82) is 0 Å². The van der Waals surface area contributed by atoms with Gasteiger partial charge < -0.3 is 9.47 Å². The van der Waals surface area contributed by atoms with E-state index in [4.69, 9.17) is 21.1 Å². The van der Waals surface area contributed by atoms with Crippen molar-refractivity contribution in [3.63, 3.8) is 0 Å². The zero-order valence-corrected chi connectivity index (χ0v) is 14.8. The van der Waals surface area contributed by atoms with E-state index in [1.54, 1.807) is 20.4 Å². The van der Waals surface area contributed by atoms with Crippen molar-refractivity contribution < 1.29 is 9.47 Å². The molecular weight excluding hydrogens is 302 g/mol. The normalized spacial score (nSPS) is 11.5. The van der Waals surface area contributed by atoms with E-state index in [0.717, 1.165) is 21.7 Å². The molecule has 0 fully saturated rings. The molecule has 1 heterocycles. The zero-order chi connectivity index (χ0) is 15.8. The lowest BCUT2D eigenvalue weighted by Gasteiger charge is -2.21. The number of hydrogen-bond donors (Lipinski definition) is 0. The van der Waals surface area contributed by atoms with Crippen molar-refractivity contribution in [2.75, 3.05) is 14.2 Å². The van der Waals surface area contributed by atoms with Gasteiger partial charge in [0.05, 0.1) is 32.8 Å². The predicted octanol–water partition coefficient (Wildman–Crippen LogP) is 4.80. The fourth-order valence-corrected chi connectivity index (χ4v) is 3.49. The molecule has 0 unspecified atom stereocenters. The summed E-state index contributed by atoms with van der Waals surface area (Å²) in [4.78, 5) is 4.50. The van der Waals surface area contributed by atoms with Crippen LogP contribution in [-0.4, -0.2) is 27.3 Å². The molecule has 0 radical (unpaired) electrons. The highest BCUT2D eigenvalue weighted by molar-refractivity contribution is 6.93. The average Bonchev–Trinajstić information content (AvgIpc) is 2.44. The van der Waals surface area contributed by atoms with Gasteiger partial charge in [0.25, 0.3) is 0 Å². The first-order chi connectivity index (χ1) is 9.79. The van der Waals surface area contributed by atoms with Gasteiger partial charge in [-0.15, -0.1) is 0 Å². The van der Waals surface area contributed by atoms with Crippen LogP contribution < -0.4 is 9.47 Å². The molecule has 0 aliphatic heterocycles. The maximum absolute atomic E-state index is 6.59. The number of aromatic nitrogens is 1. The Morgan fingerprint density at radius 3 is 2.24 bits per heavy atom. The second kappa shape index (κ2) is 5.70. The molecule has 0 aliphatic rings. The van der Waals surface area contributed by atoms with E-state index in [-0.39, 0.29) is 0 Å². The van der Waals surface area contributed by atoms with Crippen LogP contribution in [0.3, 0.4) is 0 Å². The van der Waals surface area contributed by atoms with E-state index in [1.165, 1.54) is 0 Å². The van der Waals surface area contributed by atoms with Crippen LogP contribution in [-0.2, 0) is 0 Å². The summed E-state index contributed by atoms with van der Waals surface area (Å²) < 4.78 is 10.6. The van der Waals surface area contributed by atoms with Crippen LogP contribution in [0.4, 0.5) is 0 Å². The summed E-state index contributed by atoms with van der Waals surface area (Å²) >= 11 is 6.59. The third-order valence-electron chi connectivity index (χ3n) is 3.54. The van der Waals surface area contributed by atoms with Gasteiger partial charge in [-0.05, 0) is 6.07 Å². The second-order valence-corrected chi connectivity index (χ2v) is 11.4. The number of rotatable bonds is 4. The van der Waals surface area contributed by atoms with Gasteiger partial charge >= 0.3 is 0 Å². The first kappa shape index (κ1) is 15.9. The number of methoxy groups -OCH3 is 2. The van der Waals surface area contributed by atoms with Crippen molar-refractivity contribution in [3.8, 4) is 11.5 Å². The van der Waals surface area contributed by atoms with Crippen LogP contribution in [0.25, 0.3) is 16.1 Å². The van der Waals surface area contributed by atoms with Crippen LogP contribution in [0.5, 0.6) is 11.5 Å². The Hall–Kier alpha value is -1.52. The Labute approximate surface area is 131 Å². The molecule has 0 N–H and O–H groups in total. The largest absolute Gasteiger partial charge is 0.493 e. The van der Waals surface area contributed by atoms with Gasteiger partial charge in [-0.25, -0.2) is 0 Å². The quantitative estimate of drug-likeness (QED) is 0.758. The standard InChI is InChI=1S/C16H20ClNO2Si/c1-10(21(4,5)6)12-9-18-13-8-15(20-3)14(19-2)7-11(13)16(12)17/h7-9H,1H2,2-6H3. The summed E-state index contributed by atoms with van der Waals surface area (Å²) in [7, 11) is 1.68. The molecule has 1 aromatic heterocycles. The molecule has 3 nitrogen and oxygen atoms in total. The monoisotopic (exact) mass is 321 g/mol. The van der Waals surface area contributed by atoms with Gasteiger partial charge in [-0.3, -0.25) is 4.98 Å². The average molecular weight is 322 g/mol. The maximum Gasteiger partial charge on any atom is 0.162 e. The third-order valence-corrected chi connectivity index (χ3v) is 6.03. The molecule has 2 aromatic rings. The smallest absolute Gasteiger partial charge is 0.162 e. The molecule has 5 heteroatoms. The fourth-order valence-electron chi connectivity index (χ4n) is 2.10. The molecule has 0 aliphatic carbocycles. The van der Waals surface area contributed by atoms with Crippen molar-refractivity contribution in [1.82, 2.24) is 4.98 Å². The minimum Gasteiger partial charge on any atom is -0.493 e. The lowest BCUT2D eigenvalue weighted by Crippen LogP contribution is -2.22. The van der Waals surface area contributed by atoms with E-state index in [2.05, 4.69) is 31.2 Å². The zero-order valence-electron chi connectivity index (χ0n) is 13.1. The van der Waals surface area contributed by atoms with Crippen LogP contribution in [0, 0.1) is 0 Å². The maximum atomic E-state index is 6.59.